The number of hydrogen-bond donors (Lipinski definition) is 2. The molecule has 1 aliphatic rings. The van der Waals surface area contributed by atoms with Crippen LogP contribution in [0.3, 0.4) is 0 Å². The maximum atomic E-state index is 12.3. The van der Waals surface area contributed by atoms with E-state index >= 15 is 0 Å². The summed E-state index contributed by atoms with van der Waals surface area (Å²) in [6.07, 6.45) is 1.49. The van der Waals surface area contributed by atoms with Crippen LogP contribution in [0, 0.1) is 0 Å². The van der Waals surface area contributed by atoms with Gasteiger partial charge in [0.05, 0.1) is 19.4 Å². The fourth-order valence-electron chi connectivity index (χ4n) is 2.52. The first-order chi connectivity index (χ1) is 12.2. The normalized spacial score (nSPS) is 14.6. The number of hydrogen-bond acceptors (Lipinski definition) is 5. The molecule has 0 atom stereocenters. The van der Waals surface area contributed by atoms with Gasteiger partial charge in [-0.25, -0.2) is 0 Å². The lowest BCUT2D eigenvalue weighted by molar-refractivity contribution is -0.120. The second-order valence-corrected chi connectivity index (χ2v) is 5.50. The smallest absolute Gasteiger partial charge is 0.289 e. The van der Waals surface area contributed by atoms with Crippen molar-refractivity contribution in [3.8, 4) is 0 Å². The summed E-state index contributed by atoms with van der Waals surface area (Å²) >= 11 is 0. The zero-order valence-corrected chi connectivity index (χ0v) is 17.4. The molecule has 2 N–H and O–H groups in total. The van der Waals surface area contributed by atoms with Crippen LogP contribution in [0.15, 0.2) is 27.8 Å². The van der Waals surface area contributed by atoms with Gasteiger partial charge in [-0.15, -0.1) is 24.0 Å². The van der Waals surface area contributed by atoms with Crippen molar-refractivity contribution in [2.75, 3.05) is 60.0 Å². The standard InChI is InChI=1S/C16H25N5O4.HI/c1-17-16(19-12-14(22)18-5-11-24-2)21-8-6-20(7-9-21)15(23)13-4-3-10-25-13;/h3-4,10H,5-9,11-12H2,1-2H3,(H,17,19)(H,18,22);1H. The highest BCUT2D eigenvalue weighted by molar-refractivity contribution is 14.0. The van der Waals surface area contributed by atoms with Crippen LogP contribution in [-0.2, 0) is 9.53 Å². The van der Waals surface area contributed by atoms with Crippen LogP contribution < -0.4 is 10.6 Å². The van der Waals surface area contributed by atoms with Crippen molar-refractivity contribution in [3.63, 3.8) is 0 Å². The van der Waals surface area contributed by atoms with Gasteiger partial charge in [0.15, 0.2) is 11.7 Å². The number of aliphatic imine (C=N–C) groups is 1. The van der Waals surface area contributed by atoms with E-state index < -0.39 is 0 Å². The minimum absolute atomic E-state index is 0. The highest BCUT2D eigenvalue weighted by Gasteiger charge is 2.25. The molecule has 0 bridgehead atoms. The summed E-state index contributed by atoms with van der Waals surface area (Å²) in [7, 11) is 3.26. The van der Waals surface area contributed by atoms with Gasteiger partial charge in [-0.05, 0) is 12.1 Å². The van der Waals surface area contributed by atoms with E-state index in [-0.39, 0.29) is 42.3 Å². The molecule has 2 rings (SSSR count). The number of nitrogens with zero attached hydrogens (tertiary/aromatic N) is 3. The maximum absolute atomic E-state index is 12.3. The second kappa shape index (κ2) is 11.7. The van der Waals surface area contributed by atoms with Gasteiger partial charge < -0.3 is 29.6 Å². The topological polar surface area (TPSA) is 99.4 Å². The minimum atomic E-state index is -0.121. The van der Waals surface area contributed by atoms with E-state index in [2.05, 4.69) is 15.6 Å². The van der Waals surface area contributed by atoms with E-state index in [9.17, 15) is 9.59 Å². The molecule has 26 heavy (non-hydrogen) atoms. The number of ether oxygens (including phenoxy) is 1. The molecule has 0 saturated carbocycles. The molecule has 146 valence electrons. The predicted octanol–water partition coefficient (Wildman–Crippen LogP) is -0.00660. The Morgan fingerprint density at radius 3 is 2.50 bits per heavy atom. The van der Waals surface area contributed by atoms with Crippen molar-refractivity contribution in [2.45, 2.75) is 0 Å². The van der Waals surface area contributed by atoms with Crippen molar-refractivity contribution in [2.24, 2.45) is 4.99 Å². The third kappa shape index (κ3) is 6.48. The van der Waals surface area contributed by atoms with Crippen molar-refractivity contribution >= 4 is 41.8 Å². The Bertz CT molecular complexity index is 585. The van der Waals surface area contributed by atoms with Gasteiger partial charge in [0.2, 0.25) is 5.91 Å². The molecule has 1 aromatic rings. The number of carbonyl (C=O) groups is 2. The Labute approximate surface area is 170 Å². The van der Waals surface area contributed by atoms with Crippen LogP contribution in [0.25, 0.3) is 0 Å². The molecule has 10 heteroatoms. The Morgan fingerprint density at radius 1 is 1.23 bits per heavy atom. The van der Waals surface area contributed by atoms with Crippen molar-refractivity contribution in [3.05, 3.63) is 24.2 Å². The molecule has 1 aliphatic heterocycles. The molecule has 1 fully saturated rings. The number of piperazine rings is 1. The summed E-state index contributed by atoms with van der Waals surface area (Å²) in [6, 6.07) is 3.37. The van der Waals surface area contributed by atoms with Crippen LogP contribution in [0.4, 0.5) is 0 Å². The summed E-state index contributed by atoms with van der Waals surface area (Å²) in [5.74, 6) is 0.769. The molecule has 0 aromatic carbocycles. The molecule has 0 radical (unpaired) electrons. The average Bonchev–Trinajstić information content (AvgIpc) is 3.17. The zero-order chi connectivity index (χ0) is 18.1. The Kier molecular flexibility index (Phi) is 10.0. The lowest BCUT2D eigenvalue weighted by Crippen LogP contribution is -2.54. The number of guanidine groups is 1. The lowest BCUT2D eigenvalue weighted by atomic mass is 10.3. The number of furan rings is 1. The fraction of sp³-hybridized carbons (Fsp3) is 0.562. The highest BCUT2D eigenvalue weighted by Crippen LogP contribution is 2.09. The van der Waals surface area contributed by atoms with E-state index in [0.29, 0.717) is 51.1 Å². The third-order valence-corrected chi connectivity index (χ3v) is 3.85. The third-order valence-electron chi connectivity index (χ3n) is 3.85. The highest BCUT2D eigenvalue weighted by atomic mass is 127. The summed E-state index contributed by atoms with van der Waals surface area (Å²) in [4.78, 5) is 32.0. The second-order valence-electron chi connectivity index (χ2n) is 5.50. The Morgan fingerprint density at radius 2 is 1.92 bits per heavy atom. The summed E-state index contributed by atoms with van der Waals surface area (Å²) in [5, 5.41) is 5.78. The fourth-order valence-corrected chi connectivity index (χ4v) is 2.52. The SMILES string of the molecule is CN=C(NCC(=O)NCCOC)N1CCN(C(=O)c2ccco2)CC1.I. The molecule has 2 heterocycles. The van der Waals surface area contributed by atoms with Crippen LogP contribution in [0.5, 0.6) is 0 Å². The predicted molar refractivity (Wildman–Crippen MR) is 108 cm³/mol. The monoisotopic (exact) mass is 479 g/mol. The van der Waals surface area contributed by atoms with Crippen molar-refractivity contribution in [1.29, 1.82) is 0 Å². The van der Waals surface area contributed by atoms with E-state index in [0.717, 1.165) is 0 Å². The molecule has 1 aromatic heterocycles. The van der Waals surface area contributed by atoms with Gasteiger partial charge in [0.1, 0.15) is 0 Å². The molecule has 9 nitrogen and oxygen atoms in total. The van der Waals surface area contributed by atoms with Crippen LogP contribution >= 0.6 is 24.0 Å². The van der Waals surface area contributed by atoms with Gasteiger partial charge in [-0.3, -0.25) is 14.6 Å². The Hall–Kier alpha value is -1.82. The van der Waals surface area contributed by atoms with Crippen molar-refractivity contribution in [1.82, 2.24) is 20.4 Å². The molecule has 0 aliphatic carbocycles. The summed E-state index contributed by atoms with van der Waals surface area (Å²) in [6.45, 7) is 3.51. The minimum Gasteiger partial charge on any atom is -0.459 e. The van der Waals surface area contributed by atoms with E-state index in [1.807, 2.05) is 4.90 Å². The van der Waals surface area contributed by atoms with Gasteiger partial charge >= 0.3 is 0 Å². The number of carbonyl (C=O) groups excluding carboxylic acids is 2. The molecule has 1 saturated heterocycles. The number of nitrogens with one attached hydrogen (secondary N) is 2. The first kappa shape index (κ1) is 22.2. The van der Waals surface area contributed by atoms with Gasteiger partial charge in [0.25, 0.3) is 5.91 Å². The van der Waals surface area contributed by atoms with E-state index in [1.54, 1.807) is 31.2 Å². The van der Waals surface area contributed by atoms with Crippen LogP contribution in [0.2, 0.25) is 0 Å². The Balaban J connectivity index is 0.00000338. The average molecular weight is 479 g/mol. The summed E-state index contributed by atoms with van der Waals surface area (Å²) in [5.41, 5.74) is 0. The zero-order valence-electron chi connectivity index (χ0n) is 15.1. The van der Waals surface area contributed by atoms with Crippen LogP contribution in [-0.4, -0.2) is 87.6 Å². The first-order valence-electron chi connectivity index (χ1n) is 8.19. The number of methoxy groups -OCH3 is 1. The number of rotatable bonds is 6. The molecular weight excluding hydrogens is 453 g/mol. The molecular formula is C16H26IN5O4. The molecule has 2 amide bonds. The number of amides is 2. The van der Waals surface area contributed by atoms with Crippen molar-refractivity contribution < 1.29 is 18.7 Å². The van der Waals surface area contributed by atoms with Gasteiger partial charge in [-0.1, -0.05) is 0 Å². The lowest BCUT2D eigenvalue weighted by Gasteiger charge is -2.36. The van der Waals surface area contributed by atoms with E-state index in [1.165, 1.54) is 6.26 Å². The molecule has 0 spiro atoms. The van der Waals surface area contributed by atoms with Gasteiger partial charge in [0, 0.05) is 46.9 Å². The van der Waals surface area contributed by atoms with Crippen LogP contribution in [0.1, 0.15) is 10.6 Å². The number of halogens is 1. The first-order valence-corrected chi connectivity index (χ1v) is 8.19. The quantitative estimate of drug-likeness (QED) is 0.258. The maximum Gasteiger partial charge on any atom is 0.289 e. The largest absolute Gasteiger partial charge is 0.459 e. The summed E-state index contributed by atoms with van der Waals surface area (Å²) < 4.78 is 10.0. The van der Waals surface area contributed by atoms with Gasteiger partial charge in [-0.2, -0.15) is 0 Å². The molecule has 0 unspecified atom stereocenters. The van der Waals surface area contributed by atoms with E-state index in [4.69, 9.17) is 9.15 Å².